The van der Waals surface area contributed by atoms with Crippen molar-refractivity contribution < 1.29 is 13.2 Å². The first-order valence-corrected chi connectivity index (χ1v) is 11.0. The van der Waals surface area contributed by atoms with Crippen molar-refractivity contribution in [2.24, 2.45) is 22.9 Å². The molecule has 10 N–H and O–H groups in total. The van der Waals surface area contributed by atoms with Crippen LogP contribution in [-0.4, -0.2) is 65.3 Å². The van der Waals surface area contributed by atoms with Gasteiger partial charge in [-0.2, -0.15) is 28.1 Å². The van der Waals surface area contributed by atoms with E-state index in [-0.39, 0.29) is 42.5 Å². The third kappa shape index (κ3) is 6.95. The van der Waals surface area contributed by atoms with E-state index in [0.29, 0.717) is 56.6 Å². The van der Waals surface area contributed by atoms with E-state index in [1.54, 1.807) is 0 Å². The maximum absolute atomic E-state index is 12.8. The molecule has 1 aromatic carbocycles. The maximum atomic E-state index is 12.8. The topological polar surface area (TPSA) is 173 Å². The summed E-state index contributed by atoms with van der Waals surface area (Å²) in [5.74, 6) is 0.959. The number of aromatic nitrogens is 3. The average molecular weight is 518 g/mol. The highest BCUT2D eigenvalue weighted by molar-refractivity contribution is 5.85. The first kappa shape index (κ1) is 26.9. The molecule has 0 unspecified atom stereocenters. The van der Waals surface area contributed by atoms with Crippen molar-refractivity contribution >= 4 is 35.9 Å². The monoisotopic (exact) mass is 517 g/mol. The Morgan fingerprint density at radius 3 is 1.54 bits per heavy atom. The van der Waals surface area contributed by atoms with Gasteiger partial charge in [0.15, 0.2) is 0 Å². The van der Waals surface area contributed by atoms with E-state index in [1.165, 1.54) is 12.1 Å². The highest BCUT2D eigenvalue weighted by Gasteiger charge is 2.30. The SMILES string of the molecule is Cl.N[C@@H]1C[C@H](N)CN(c2nc(NNc3ccc(C(F)(F)F)cc3)nc(N3C[C@H](N)C[C@H](N)C3)n2)C1. The summed E-state index contributed by atoms with van der Waals surface area (Å²) < 4.78 is 38.4. The second kappa shape index (κ2) is 11.0. The fourth-order valence-corrected chi connectivity index (χ4v) is 4.25. The quantitative estimate of drug-likeness (QED) is 0.304. The van der Waals surface area contributed by atoms with Crippen LogP contribution in [0.5, 0.6) is 0 Å². The number of rotatable bonds is 5. The summed E-state index contributed by atoms with van der Waals surface area (Å²) in [6.45, 7) is 2.12. The molecular formula is C20H31ClF3N11. The Bertz CT molecular complexity index is 914. The van der Waals surface area contributed by atoms with Crippen LogP contribution in [0.15, 0.2) is 24.3 Å². The van der Waals surface area contributed by atoms with E-state index >= 15 is 0 Å². The average Bonchev–Trinajstić information content (AvgIpc) is 2.76. The smallest absolute Gasteiger partial charge is 0.338 e. The summed E-state index contributed by atoms with van der Waals surface area (Å²) >= 11 is 0. The zero-order valence-electron chi connectivity index (χ0n) is 18.9. The number of anilines is 4. The molecule has 2 saturated heterocycles. The number of hydrogen-bond donors (Lipinski definition) is 6. The predicted octanol–water partition coefficient (Wildman–Crippen LogP) is 0.481. The van der Waals surface area contributed by atoms with Crippen LogP contribution in [-0.2, 0) is 6.18 Å². The van der Waals surface area contributed by atoms with Crippen LogP contribution in [0, 0.1) is 0 Å². The van der Waals surface area contributed by atoms with Gasteiger partial charge in [-0.1, -0.05) is 0 Å². The van der Waals surface area contributed by atoms with Crippen molar-refractivity contribution in [3.05, 3.63) is 29.8 Å². The lowest BCUT2D eigenvalue weighted by Crippen LogP contribution is -2.54. The molecule has 11 nitrogen and oxygen atoms in total. The Kier molecular flexibility index (Phi) is 8.43. The fourth-order valence-electron chi connectivity index (χ4n) is 4.25. The number of benzene rings is 1. The van der Waals surface area contributed by atoms with Gasteiger partial charge in [0, 0.05) is 50.3 Å². The van der Waals surface area contributed by atoms with Gasteiger partial charge in [0.05, 0.1) is 11.3 Å². The number of hydrazine groups is 1. The third-order valence-electron chi connectivity index (χ3n) is 5.74. The van der Waals surface area contributed by atoms with Gasteiger partial charge in [-0.05, 0) is 37.1 Å². The van der Waals surface area contributed by atoms with Crippen molar-refractivity contribution in [1.29, 1.82) is 0 Å². The van der Waals surface area contributed by atoms with Crippen LogP contribution in [0.3, 0.4) is 0 Å². The minimum Gasteiger partial charge on any atom is -0.338 e. The lowest BCUT2D eigenvalue weighted by molar-refractivity contribution is -0.137. The summed E-state index contributed by atoms with van der Waals surface area (Å²) in [5.41, 5.74) is 29.9. The number of halogens is 4. The molecule has 4 atom stereocenters. The molecule has 194 valence electrons. The zero-order chi connectivity index (χ0) is 24.5. The summed E-state index contributed by atoms with van der Waals surface area (Å²) in [5, 5.41) is 0. The van der Waals surface area contributed by atoms with E-state index in [4.69, 9.17) is 22.9 Å². The van der Waals surface area contributed by atoms with Gasteiger partial charge < -0.3 is 32.7 Å². The first-order valence-electron chi connectivity index (χ1n) is 11.0. The van der Waals surface area contributed by atoms with Gasteiger partial charge in [0.2, 0.25) is 17.8 Å². The Morgan fingerprint density at radius 2 is 1.14 bits per heavy atom. The lowest BCUT2D eigenvalue weighted by atomic mass is 10.0. The van der Waals surface area contributed by atoms with E-state index in [1.807, 2.05) is 9.80 Å². The summed E-state index contributed by atoms with van der Waals surface area (Å²) in [4.78, 5) is 17.4. The van der Waals surface area contributed by atoms with Gasteiger partial charge in [-0.3, -0.25) is 10.9 Å². The van der Waals surface area contributed by atoms with Gasteiger partial charge in [-0.15, -0.1) is 12.4 Å². The molecule has 0 aliphatic carbocycles. The van der Waals surface area contributed by atoms with Crippen molar-refractivity contribution in [2.75, 3.05) is 46.8 Å². The fraction of sp³-hybridized carbons (Fsp3) is 0.550. The predicted molar refractivity (Wildman–Crippen MR) is 131 cm³/mol. The Morgan fingerprint density at radius 1 is 0.714 bits per heavy atom. The van der Waals surface area contributed by atoms with Crippen molar-refractivity contribution in [3.8, 4) is 0 Å². The Labute approximate surface area is 207 Å². The minimum atomic E-state index is -4.41. The first-order chi connectivity index (χ1) is 16.1. The van der Waals surface area contributed by atoms with Gasteiger partial charge in [0.25, 0.3) is 0 Å². The molecule has 0 saturated carbocycles. The Hall–Kier alpha value is -2.65. The normalized spacial score (nSPS) is 25.1. The highest BCUT2D eigenvalue weighted by atomic mass is 35.5. The van der Waals surface area contributed by atoms with Crippen LogP contribution < -0.4 is 43.6 Å². The van der Waals surface area contributed by atoms with E-state index in [2.05, 4.69) is 25.8 Å². The molecular weight excluding hydrogens is 487 g/mol. The van der Waals surface area contributed by atoms with Crippen LogP contribution in [0.25, 0.3) is 0 Å². The van der Waals surface area contributed by atoms with Crippen molar-refractivity contribution in [2.45, 2.75) is 43.2 Å². The van der Waals surface area contributed by atoms with E-state index in [0.717, 1.165) is 12.1 Å². The van der Waals surface area contributed by atoms with E-state index in [9.17, 15) is 13.2 Å². The molecule has 2 aliphatic rings. The summed E-state index contributed by atoms with van der Waals surface area (Å²) in [7, 11) is 0. The zero-order valence-corrected chi connectivity index (χ0v) is 19.8. The largest absolute Gasteiger partial charge is 0.416 e. The molecule has 2 aromatic rings. The standard InChI is InChI=1S/C20H30F3N11.ClH/c21-20(22,23)11-1-3-16(4-2-11)31-32-17-28-18(33-7-12(24)5-13(25)8-33)30-19(29-17)34-9-14(26)6-15(27)10-34;/h1-4,12-15,31H,5-10,24-27H2,(H,28,29,30,32);1H/t12-,13+,14-,15+;. The van der Waals surface area contributed by atoms with E-state index < -0.39 is 11.7 Å². The molecule has 0 radical (unpaired) electrons. The molecule has 2 aliphatic heterocycles. The maximum Gasteiger partial charge on any atom is 0.416 e. The van der Waals surface area contributed by atoms with Crippen LogP contribution in [0.2, 0.25) is 0 Å². The number of alkyl halides is 3. The molecule has 35 heavy (non-hydrogen) atoms. The number of hydrogen-bond acceptors (Lipinski definition) is 11. The van der Waals surface area contributed by atoms with Gasteiger partial charge >= 0.3 is 6.18 Å². The van der Waals surface area contributed by atoms with Crippen molar-refractivity contribution in [3.63, 3.8) is 0 Å². The summed E-state index contributed by atoms with van der Waals surface area (Å²) in [6.07, 6.45) is -3.01. The van der Waals surface area contributed by atoms with Crippen LogP contribution in [0.4, 0.5) is 36.7 Å². The number of piperidine rings is 2. The lowest BCUT2D eigenvalue weighted by Gasteiger charge is -2.37. The molecule has 0 bridgehead atoms. The third-order valence-corrected chi connectivity index (χ3v) is 5.74. The second-order valence-electron chi connectivity index (χ2n) is 8.91. The Balaban J connectivity index is 0.00000342. The molecule has 0 spiro atoms. The van der Waals surface area contributed by atoms with Gasteiger partial charge in [-0.25, -0.2) is 0 Å². The van der Waals surface area contributed by atoms with Gasteiger partial charge in [0.1, 0.15) is 0 Å². The second-order valence-corrected chi connectivity index (χ2v) is 8.91. The summed E-state index contributed by atoms with van der Waals surface area (Å²) in [6, 6.07) is 4.10. The molecule has 2 fully saturated rings. The number of nitrogens with zero attached hydrogens (tertiary/aromatic N) is 5. The molecule has 15 heteroatoms. The van der Waals surface area contributed by atoms with Crippen LogP contribution in [0.1, 0.15) is 18.4 Å². The number of nitrogens with one attached hydrogen (secondary N) is 2. The minimum absolute atomic E-state index is 0. The molecule has 3 heterocycles. The number of nitrogens with two attached hydrogens (primary N) is 4. The van der Waals surface area contributed by atoms with Crippen molar-refractivity contribution in [1.82, 2.24) is 15.0 Å². The highest BCUT2D eigenvalue weighted by Crippen LogP contribution is 2.30. The molecule has 0 amide bonds. The molecule has 4 rings (SSSR count). The molecule has 1 aromatic heterocycles. The van der Waals surface area contributed by atoms with Crippen LogP contribution >= 0.6 is 12.4 Å².